The molecule has 0 radical (unpaired) electrons. The summed E-state index contributed by atoms with van der Waals surface area (Å²) in [7, 11) is 1.89. The fourth-order valence-corrected chi connectivity index (χ4v) is 2.19. The zero-order chi connectivity index (χ0) is 12.3. The number of nitrogens with one attached hydrogen (secondary N) is 1. The third-order valence-electron chi connectivity index (χ3n) is 2.95. The molecule has 1 saturated heterocycles. The van der Waals surface area contributed by atoms with Crippen molar-refractivity contribution in [3.05, 3.63) is 23.9 Å². The van der Waals surface area contributed by atoms with Crippen molar-refractivity contribution < 1.29 is 4.74 Å². The van der Waals surface area contributed by atoms with Crippen LogP contribution in [0.5, 0.6) is 0 Å². The Balaban J connectivity index is 2.00. The summed E-state index contributed by atoms with van der Waals surface area (Å²) >= 11 is 0. The number of nitrogens with zero attached hydrogens (tertiary/aromatic N) is 2. The molecule has 0 saturated carbocycles. The second kappa shape index (κ2) is 5.02. The molecular formula is C13H21N3O. The highest BCUT2D eigenvalue weighted by Crippen LogP contribution is 2.18. The highest BCUT2D eigenvalue weighted by atomic mass is 16.5. The zero-order valence-corrected chi connectivity index (χ0v) is 10.9. The third-order valence-corrected chi connectivity index (χ3v) is 2.95. The third kappa shape index (κ3) is 3.41. The lowest BCUT2D eigenvalue weighted by Gasteiger charge is -2.38. The lowest BCUT2D eigenvalue weighted by Crippen LogP contribution is -2.47. The Morgan fingerprint density at radius 3 is 3.00 bits per heavy atom. The molecule has 94 valence electrons. The van der Waals surface area contributed by atoms with E-state index in [2.05, 4.69) is 35.1 Å². The molecule has 4 nitrogen and oxygen atoms in total. The summed E-state index contributed by atoms with van der Waals surface area (Å²) < 4.78 is 5.70. The highest BCUT2D eigenvalue weighted by Gasteiger charge is 2.27. The van der Waals surface area contributed by atoms with Crippen molar-refractivity contribution in [1.82, 2.24) is 9.88 Å². The molecule has 0 bridgehead atoms. The average Bonchev–Trinajstić information content (AvgIpc) is 2.28. The molecule has 0 amide bonds. The van der Waals surface area contributed by atoms with Gasteiger partial charge in [-0.1, -0.05) is 6.07 Å². The first kappa shape index (κ1) is 12.3. The molecule has 1 fully saturated rings. The predicted octanol–water partition coefficient (Wildman–Crippen LogP) is 1.73. The Kier molecular flexibility index (Phi) is 3.64. The van der Waals surface area contributed by atoms with Gasteiger partial charge >= 0.3 is 0 Å². The van der Waals surface area contributed by atoms with Crippen molar-refractivity contribution in [2.75, 3.05) is 32.1 Å². The maximum atomic E-state index is 5.70. The maximum Gasteiger partial charge on any atom is 0.126 e. The van der Waals surface area contributed by atoms with Gasteiger partial charge in [0.15, 0.2) is 0 Å². The lowest BCUT2D eigenvalue weighted by molar-refractivity contribution is -0.0885. The summed E-state index contributed by atoms with van der Waals surface area (Å²) in [6.45, 7) is 7.90. The van der Waals surface area contributed by atoms with E-state index >= 15 is 0 Å². The standard InChI is InChI=1S/C13H21N3O/c1-13(2)10-16(7-8-17-13)9-11-5-4-6-12(14-3)15-11/h4-6H,7-10H2,1-3H3,(H,14,15). The summed E-state index contributed by atoms with van der Waals surface area (Å²) in [5.41, 5.74) is 1.06. The summed E-state index contributed by atoms with van der Waals surface area (Å²) in [6, 6.07) is 6.09. The van der Waals surface area contributed by atoms with Gasteiger partial charge < -0.3 is 10.1 Å². The molecule has 2 rings (SSSR count). The summed E-state index contributed by atoms with van der Waals surface area (Å²) in [5, 5.41) is 3.07. The van der Waals surface area contributed by atoms with Crippen molar-refractivity contribution in [3.63, 3.8) is 0 Å². The van der Waals surface area contributed by atoms with Crippen molar-refractivity contribution in [2.45, 2.75) is 26.0 Å². The molecule has 0 aromatic carbocycles. The van der Waals surface area contributed by atoms with E-state index in [1.807, 2.05) is 19.2 Å². The van der Waals surface area contributed by atoms with E-state index < -0.39 is 0 Å². The van der Waals surface area contributed by atoms with E-state index in [4.69, 9.17) is 4.74 Å². The van der Waals surface area contributed by atoms with Gasteiger partial charge in [-0.05, 0) is 26.0 Å². The Morgan fingerprint density at radius 2 is 2.29 bits per heavy atom. The first-order chi connectivity index (χ1) is 8.09. The molecular weight excluding hydrogens is 214 g/mol. The number of aromatic nitrogens is 1. The van der Waals surface area contributed by atoms with Crippen LogP contribution < -0.4 is 5.32 Å². The molecule has 2 heterocycles. The molecule has 1 aliphatic heterocycles. The van der Waals surface area contributed by atoms with E-state index in [-0.39, 0.29) is 5.60 Å². The topological polar surface area (TPSA) is 37.4 Å². The molecule has 0 spiro atoms. The van der Waals surface area contributed by atoms with E-state index in [0.717, 1.165) is 37.8 Å². The van der Waals surface area contributed by atoms with Crippen LogP contribution in [-0.4, -0.2) is 42.2 Å². The largest absolute Gasteiger partial charge is 0.373 e. The first-order valence-electron chi connectivity index (χ1n) is 6.09. The van der Waals surface area contributed by atoms with Crippen LogP contribution in [-0.2, 0) is 11.3 Å². The average molecular weight is 235 g/mol. The monoisotopic (exact) mass is 235 g/mol. The number of ether oxygens (including phenoxy) is 1. The lowest BCUT2D eigenvalue weighted by atomic mass is 10.1. The second-order valence-electron chi connectivity index (χ2n) is 5.08. The van der Waals surface area contributed by atoms with E-state index in [1.54, 1.807) is 0 Å². The normalized spacial score (nSPS) is 20.2. The number of hydrogen-bond donors (Lipinski definition) is 1. The number of anilines is 1. The van der Waals surface area contributed by atoms with Gasteiger partial charge in [-0.25, -0.2) is 4.98 Å². The number of rotatable bonds is 3. The maximum absolute atomic E-state index is 5.70. The molecule has 0 atom stereocenters. The van der Waals surface area contributed by atoms with Crippen molar-refractivity contribution in [3.8, 4) is 0 Å². The summed E-state index contributed by atoms with van der Waals surface area (Å²) in [5.74, 6) is 0.926. The molecule has 17 heavy (non-hydrogen) atoms. The van der Waals surface area contributed by atoms with Crippen LogP contribution in [0.1, 0.15) is 19.5 Å². The number of pyridine rings is 1. The number of morpholine rings is 1. The van der Waals surface area contributed by atoms with E-state index in [1.165, 1.54) is 0 Å². The molecule has 4 heteroatoms. The minimum absolute atomic E-state index is 0.0428. The quantitative estimate of drug-likeness (QED) is 0.866. The number of hydrogen-bond acceptors (Lipinski definition) is 4. The van der Waals surface area contributed by atoms with Crippen molar-refractivity contribution >= 4 is 5.82 Å². The SMILES string of the molecule is CNc1cccc(CN2CCOC(C)(C)C2)n1. The van der Waals surface area contributed by atoms with Crippen LogP contribution in [0.25, 0.3) is 0 Å². The Labute approximate surface area is 103 Å². The predicted molar refractivity (Wildman–Crippen MR) is 69.1 cm³/mol. The van der Waals surface area contributed by atoms with Crippen molar-refractivity contribution in [2.24, 2.45) is 0 Å². The Morgan fingerprint density at radius 1 is 1.47 bits per heavy atom. The van der Waals surface area contributed by atoms with Gasteiger partial charge in [-0.3, -0.25) is 4.90 Å². The molecule has 1 aromatic heterocycles. The van der Waals surface area contributed by atoms with Gasteiger partial charge in [0.2, 0.25) is 0 Å². The smallest absolute Gasteiger partial charge is 0.126 e. The van der Waals surface area contributed by atoms with Crippen LogP contribution in [0.3, 0.4) is 0 Å². The Hall–Kier alpha value is -1.13. The summed E-state index contributed by atoms with van der Waals surface area (Å²) in [4.78, 5) is 6.93. The molecule has 0 aliphatic carbocycles. The fourth-order valence-electron chi connectivity index (χ4n) is 2.19. The zero-order valence-electron chi connectivity index (χ0n) is 10.9. The van der Waals surface area contributed by atoms with E-state index in [9.17, 15) is 0 Å². The van der Waals surface area contributed by atoms with Gasteiger partial charge in [0.1, 0.15) is 5.82 Å². The fraction of sp³-hybridized carbons (Fsp3) is 0.615. The van der Waals surface area contributed by atoms with Gasteiger partial charge in [-0.2, -0.15) is 0 Å². The summed E-state index contributed by atoms with van der Waals surface area (Å²) in [6.07, 6.45) is 0. The first-order valence-corrected chi connectivity index (χ1v) is 6.09. The van der Waals surface area contributed by atoms with E-state index in [0.29, 0.717) is 0 Å². The molecule has 1 aliphatic rings. The van der Waals surface area contributed by atoms with Crippen LogP contribution >= 0.6 is 0 Å². The van der Waals surface area contributed by atoms with Crippen LogP contribution in [0, 0.1) is 0 Å². The molecule has 1 N–H and O–H groups in total. The van der Waals surface area contributed by atoms with Gasteiger partial charge in [0.05, 0.1) is 17.9 Å². The second-order valence-corrected chi connectivity index (χ2v) is 5.08. The molecule has 0 unspecified atom stereocenters. The van der Waals surface area contributed by atoms with Gasteiger partial charge in [-0.15, -0.1) is 0 Å². The van der Waals surface area contributed by atoms with Gasteiger partial charge in [0.25, 0.3) is 0 Å². The van der Waals surface area contributed by atoms with Crippen molar-refractivity contribution in [1.29, 1.82) is 0 Å². The van der Waals surface area contributed by atoms with Gasteiger partial charge in [0, 0.05) is 26.7 Å². The minimum atomic E-state index is -0.0428. The van der Waals surface area contributed by atoms with Crippen LogP contribution in [0.2, 0.25) is 0 Å². The van der Waals surface area contributed by atoms with Crippen LogP contribution in [0.4, 0.5) is 5.82 Å². The van der Waals surface area contributed by atoms with Crippen LogP contribution in [0.15, 0.2) is 18.2 Å². The Bertz CT molecular complexity index is 379. The molecule has 1 aromatic rings. The highest BCUT2D eigenvalue weighted by molar-refractivity contribution is 5.34. The minimum Gasteiger partial charge on any atom is -0.373 e.